The van der Waals surface area contributed by atoms with Gasteiger partial charge in [-0.2, -0.15) is 0 Å². The molecule has 0 unspecified atom stereocenters. The van der Waals surface area contributed by atoms with Gasteiger partial charge in [0, 0.05) is 25.5 Å². The fourth-order valence-electron chi connectivity index (χ4n) is 2.75. The molecular formula is C22H22ClN3O5S2. The molecule has 174 valence electrons. The summed E-state index contributed by atoms with van der Waals surface area (Å²) in [6.07, 6.45) is -1.12. The van der Waals surface area contributed by atoms with E-state index in [0.29, 0.717) is 10.0 Å². The quantitative estimate of drug-likeness (QED) is 0.436. The van der Waals surface area contributed by atoms with Crippen LogP contribution in [0.15, 0.2) is 64.9 Å². The number of esters is 1. The van der Waals surface area contributed by atoms with Crippen LogP contribution in [0.4, 0.5) is 17.1 Å². The summed E-state index contributed by atoms with van der Waals surface area (Å²) >= 11 is 6.72. The summed E-state index contributed by atoms with van der Waals surface area (Å²) in [6.45, 7) is 1.43. The van der Waals surface area contributed by atoms with E-state index in [2.05, 4.69) is 10.0 Å². The van der Waals surface area contributed by atoms with Gasteiger partial charge in [-0.3, -0.25) is 9.52 Å². The number of sulfonamides is 1. The van der Waals surface area contributed by atoms with Gasteiger partial charge in [0.15, 0.2) is 6.10 Å². The van der Waals surface area contributed by atoms with Gasteiger partial charge in [-0.05, 0) is 55.5 Å². The number of ether oxygens (including phenoxy) is 1. The Morgan fingerprint density at radius 1 is 1.03 bits per heavy atom. The van der Waals surface area contributed by atoms with E-state index in [-0.39, 0.29) is 15.5 Å². The molecule has 0 aliphatic rings. The zero-order chi connectivity index (χ0) is 24.2. The molecule has 0 aliphatic heterocycles. The molecule has 11 heteroatoms. The highest BCUT2D eigenvalue weighted by Crippen LogP contribution is 2.28. The van der Waals surface area contributed by atoms with Gasteiger partial charge in [-0.15, -0.1) is 11.3 Å². The second-order valence-electron chi connectivity index (χ2n) is 7.19. The number of rotatable bonds is 8. The van der Waals surface area contributed by atoms with Crippen LogP contribution in [0.5, 0.6) is 0 Å². The summed E-state index contributed by atoms with van der Waals surface area (Å²) < 4.78 is 33.2. The topological polar surface area (TPSA) is 105 Å². The Hall–Kier alpha value is -3.08. The summed E-state index contributed by atoms with van der Waals surface area (Å²) in [7, 11) is -0.139. The molecular weight excluding hydrogens is 486 g/mol. The van der Waals surface area contributed by atoms with Gasteiger partial charge in [-0.1, -0.05) is 23.7 Å². The van der Waals surface area contributed by atoms with E-state index in [9.17, 15) is 18.0 Å². The minimum Gasteiger partial charge on any atom is -0.449 e. The first-order valence-electron chi connectivity index (χ1n) is 9.73. The van der Waals surface area contributed by atoms with Crippen molar-refractivity contribution in [1.82, 2.24) is 0 Å². The van der Waals surface area contributed by atoms with E-state index in [4.69, 9.17) is 16.3 Å². The predicted molar refractivity (Wildman–Crippen MR) is 131 cm³/mol. The number of halogens is 1. The first-order valence-corrected chi connectivity index (χ1v) is 12.4. The number of carbonyl (C=O) groups excluding carboxylic acids is 2. The lowest BCUT2D eigenvalue weighted by Gasteiger charge is -2.16. The van der Waals surface area contributed by atoms with Crippen LogP contribution in [0, 0.1) is 0 Å². The lowest BCUT2D eigenvalue weighted by atomic mass is 10.2. The molecule has 0 fully saturated rings. The Kier molecular flexibility index (Phi) is 7.62. The molecule has 0 radical (unpaired) electrons. The van der Waals surface area contributed by atoms with Crippen LogP contribution in [-0.4, -0.2) is 40.5 Å². The number of carbonyl (C=O) groups is 2. The Balaban J connectivity index is 1.69. The first-order chi connectivity index (χ1) is 15.6. The minimum atomic E-state index is -3.95. The van der Waals surface area contributed by atoms with Crippen molar-refractivity contribution in [3.8, 4) is 0 Å². The van der Waals surface area contributed by atoms with Crippen LogP contribution >= 0.6 is 22.9 Å². The number of amides is 1. The second kappa shape index (κ2) is 10.2. The van der Waals surface area contributed by atoms with Gasteiger partial charge in [0.25, 0.3) is 15.9 Å². The highest BCUT2D eigenvalue weighted by Gasteiger charge is 2.24. The normalized spacial score (nSPS) is 12.0. The molecule has 2 N–H and O–H groups in total. The smallest absolute Gasteiger partial charge is 0.341 e. The van der Waals surface area contributed by atoms with E-state index < -0.39 is 28.0 Å². The van der Waals surface area contributed by atoms with Crippen molar-refractivity contribution in [3.63, 3.8) is 0 Å². The SMILES string of the molecule is C[C@@H](OC(=O)c1ccccc1NS(=O)(=O)c1ccc(Cl)s1)C(=O)Nc1ccc(N(C)C)cc1. The van der Waals surface area contributed by atoms with Crippen LogP contribution in [0.1, 0.15) is 17.3 Å². The summed E-state index contributed by atoms with van der Waals surface area (Å²) in [4.78, 5) is 27.1. The molecule has 2 aromatic carbocycles. The highest BCUT2D eigenvalue weighted by molar-refractivity contribution is 7.94. The third kappa shape index (κ3) is 6.25. The number of hydrogen-bond acceptors (Lipinski definition) is 7. The molecule has 0 aliphatic carbocycles. The first kappa shape index (κ1) is 24.6. The molecule has 0 saturated heterocycles. The minimum absolute atomic E-state index is 0.00343. The van der Waals surface area contributed by atoms with E-state index in [1.807, 2.05) is 31.1 Å². The Morgan fingerprint density at radius 3 is 2.30 bits per heavy atom. The van der Waals surface area contributed by atoms with Crippen molar-refractivity contribution in [3.05, 3.63) is 70.6 Å². The molecule has 0 saturated carbocycles. The maximum absolute atomic E-state index is 12.7. The summed E-state index contributed by atoms with van der Waals surface area (Å²) in [5.41, 5.74) is 1.52. The largest absolute Gasteiger partial charge is 0.449 e. The number of anilines is 3. The lowest BCUT2D eigenvalue weighted by Crippen LogP contribution is -2.30. The highest BCUT2D eigenvalue weighted by atomic mass is 35.5. The van der Waals surface area contributed by atoms with Crippen molar-refractivity contribution >= 4 is 61.9 Å². The van der Waals surface area contributed by atoms with Gasteiger partial charge in [-0.25, -0.2) is 13.2 Å². The molecule has 8 nitrogen and oxygen atoms in total. The predicted octanol–water partition coefficient (Wildman–Crippen LogP) is 4.45. The summed E-state index contributed by atoms with van der Waals surface area (Å²) in [5, 5.41) is 2.68. The van der Waals surface area contributed by atoms with Gasteiger partial charge >= 0.3 is 5.97 Å². The van der Waals surface area contributed by atoms with Gasteiger partial charge in [0.05, 0.1) is 15.6 Å². The van der Waals surface area contributed by atoms with Crippen molar-refractivity contribution in [1.29, 1.82) is 0 Å². The van der Waals surface area contributed by atoms with Crippen LogP contribution in [-0.2, 0) is 19.6 Å². The second-order valence-corrected chi connectivity index (χ2v) is 10.8. The van der Waals surface area contributed by atoms with Crippen molar-refractivity contribution < 1.29 is 22.7 Å². The van der Waals surface area contributed by atoms with Crippen molar-refractivity contribution in [2.75, 3.05) is 29.0 Å². The average Bonchev–Trinajstić information content (AvgIpc) is 3.21. The molecule has 0 spiro atoms. The fraction of sp³-hybridized carbons (Fsp3) is 0.182. The third-order valence-corrected chi connectivity index (χ3v) is 7.60. The maximum atomic E-state index is 12.7. The van der Waals surface area contributed by atoms with Crippen molar-refractivity contribution in [2.45, 2.75) is 17.2 Å². The molecule has 33 heavy (non-hydrogen) atoms. The van der Waals surface area contributed by atoms with Gasteiger partial charge < -0.3 is 15.0 Å². The van der Waals surface area contributed by atoms with E-state index in [1.165, 1.54) is 31.2 Å². The van der Waals surface area contributed by atoms with Crippen LogP contribution in [0.3, 0.4) is 0 Å². The van der Waals surface area contributed by atoms with Crippen LogP contribution in [0.2, 0.25) is 4.34 Å². The zero-order valence-electron chi connectivity index (χ0n) is 18.0. The molecule has 1 heterocycles. The number of nitrogens with one attached hydrogen (secondary N) is 2. The van der Waals surface area contributed by atoms with Gasteiger partial charge in [0.1, 0.15) is 4.21 Å². The molecule has 3 rings (SSSR count). The Bertz CT molecular complexity index is 1260. The molecule has 1 atom stereocenters. The van der Waals surface area contributed by atoms with Crippen molar-refractivity contribution in [2.24, 2.45) is 0 Å². The standard InChI is InChI=1S/C22H22ClN3O5S2/c1-14(21(27)24-15-8-10-16(11-9-15)26(2)3)31-22(28)17-6-4-5-7-18(17)25-33(29,30)20-13-12-19(23)32-20/h4-14,25H,1-3H3,(H,24,27)/t14-/m1/s1. The molecule has 0 bridgehead atoms. The number of benzene rings is 2. The monoisotopic (exact) mass is 507 g/mol. The molecule has 1 aromatic heterocycles. The van der Waals surface area contributed by atoms with Crippen LogP contribution < -0.4 is 14.9 Å². The van der Waals surface area contributed by atoms with Gasteiger partial charge in [0.2, 0.25) is 0 Å². The Morgan fingerprint density at radius 2 is 1.70 bits per heavy atom. The fourth-order valence-corrected chi connectivity index (χ4v) is 5.31. The molecule has 3 aromatic rings. The number of nitrogens with zero attached hydrogens (tertiary/aromatic N) is 1. The maximum Gasteiger partial charge on any atom is 0.341 e. The zero-order valence-corrected chi connectivity index (χ0v) is 20.4. The number of thiophene rings is 1. The third-order valence-electron chi connectivity index (χ3n) is 4.51. The van der Waals surface area contributed by atoms with E-state index in [1.54, 1.807) is 24.3 Å². The lowest BCUT2D eigenvalue weighted by molar-refractivity contribution is -0.123. The average molecular weight is 508 g/mol. The van der Waals surface area contributed by atoms with E-state index >= 15 is 0 Å². The van der Waals surface area contributed by atoms with E-state index in [0.717, 1.165) is 17.0 Å². The number of hydrogen-bond donors (Lipinski definition) is 2. The van der Waals surface area contributed by atoms with Crippen LogP contribution in [0.25, 0.3) is 0 Å². The summed E-state index contributed by atoms with van der Waals surface area (Å²) in [6, 6.07) is 16.0. The number of para-hydroxylation sites is 1. The summed E-state index contributed by atoms with van der Waals surface area (Å²) in [5.74, 6) is -1.37. The Labute approximate surface area is 201 Å². The molecule has 1 amide bonds.